The Balaban J connectivity index is 2.70. The lowest BCUT2D eigenvalue weighted by Crippen LogP contribution is -2.37. The maximum atomic E-state index is 11.6. The van der Waals surface area contributed by atoms with E-state index < -0.39 is 8.07 Å². The molecule has 1 nitrogen and oxygen atoms in total. The van der Waals surface area contributed by atoms with Gasteiger partial charge in [0, 0.05) is 5.92 Å². The maximum absolute atomic E-state index is 11.6. The zero-order chi connectivity index (χ0) is 8.48. The molecule has 0 bridgehead atoms. The van der Waals surface area contributed by atoms with Crippen LogP contribution in [0.2, 0.25) is 19.6 Å². The van der Waals surface area contributed by atoms with Crippen molar-refractivity contribution >= 4 is 13.5 Å². The lowest BCUT2D eigenvalue weighted by atomic mass is 10.2. The molecule has 0 spiro atoms. The molecule has 0 aromatic heterocycles. The standard InChI is InChI=1S/C9H14OSi/c1-11(2,3)9(10)8-6-4-5-7-8/h4-8H,1-3H3. The minimum Gasteiger partial charge on any atom is -0.304 e. The van der Waals surface area contributed by atoms with Crippen LogP contribution in [0.15, 0.2) is 24.3 Å². The minimum atomic E-state index is -1.57. The molecular weight excluding hydrogens is 152 g/mol. The Bertz CT molecular complexity index is 208. The van der Waals surface area contributed by atoms with Gasteiger partial charge in [0.1, 0.15) is 13.5 Å². The first-order chi connectivity index (χ1) is 5.02. The van der Waals surface area contributed by atoms with Crippen LogP contribution in [0.25, 0.3) is 0 Å². The summed E-state index contributed by atoms with van der Waals surface area (Å²) >= 11 is 0. The summed E-state index contributed by atoms with van der Waals surface area (Å²) in [7, 11) is -1.57. The molecule has 60 valence electrons. The van der Waals surface area contributed by atoms with E-state index in [1.165, 1.54) is 0 Å². The molecule has 0 heterocycles. The van der Waals surface area contributed by atoms with Crippen molar-refractivity contribution in [2.24, 2.45) is 5.92 Å². The molecule has 0 aliphatic heterocycles. The zero-order valence-corrected chi connectivity index (χ0v) is 8.29. The van der Waals surface area contributed by atoms with E-state index in [-0.39, 0.29) is 5.92 Å². The van der Waals surface area contributed by atoms with Crippen LogP contribution in [0.4, 0.5) is 0 Å². The van der Waals surface area contributed by atoms with Gasteiger partial charge in [-0.25, -0.2) is 0 Å². The van der Waals surface area contributed by atoms with Crippen LogP contribution in [0.3, 0.4) is 0 Å². The highest BCUT2D eigenvalue weighted by atomic mass is 28.3. The van der Waals surface area contributed by atoms with Gasteiger partial charge in [-0.3, -0.25) is 0 Å². The van der Waals surface area contributed by atoms with Crippen LogP contribution in [0.5, 0.6) is 0 Å². The van der Waals surface area contributed by atoms with Gasteiger partial charge in [-0.2, -0.15) is 0 Å². The monoisotopic (exact) mass is 166 g/mol. The van der Waals surface area contributed by atoms with Crippen molar-refractivity contribution in [2.45, 2.75) is 19.6 Å². The third-order valence-corrected chi connectivity index (χ3v) is 3.60. The van der Waals surface area contributed by atoms with Gasteiger partial charge in [-0.15, -0.1) is 0 Å². The van der Waals surface area contributed by atoms with Crippen molar-refractivity contribution in [2.75, 3.05) is 0 Å². The Morgan fingerprint density at radius 1 is 1.18 bits per heavy atom. The van der Waals surface area contributed by atoms with E-state index in [1.54, 1.807) is 0 Å². The van der Waals surface area contributed by atoms with Crippen molar-refractivity contribution in [3.8, 4) is 0 Å². The molecule has 0 atom stereocenters. The second kappa shape index (κ2) is 2.78. The fraction of sp³-hybridized carbons (Fsp3) is 0.444. The molecule has 0 saturated heterocycles. The summed E-state index contributed by atoms with van der Waals surface area (Å²) in [6, 6.07) is 0. The number of hydrogen-bond donors (Lipinski definition) is 0. The van der Waals surface area contributed by atoms with E-state index in [1.807, 2.05) is 24.3 Å². The fourth-order valence-corrected chi connectivity index (χ4v) is 2.30. The van der Waals surface area contributed by atoms with Crippen molar-refractivity contribution in [1.29, 1.82) is 0 Å². The average molecular weight is 166 g/mol. The summed E-state index contributed by atoms with van der Waals surface area (Å²) in [5.41, 5.74) is 0. The SMILES string of the molecule is C[Si](C)(C)C(=O)C1C=CC=C1. The van der Waals surface area contributed by atoms with Crippen molar-refractivity contribution in [3.63, 3.8) is 0 Å². The number of carbonyl (C=O) groups is 1. The number of hydrogen-bond acceptors (Lipinski definition) is 1. The van der Waals surface area contributed by atoms with Crippen molar-refractivity contribution in [1.82, 2.24) is 0 Å². The first-order valence-corrected chi connectivity index (χ1v) is 7.41. The Morgan fingerprint density at radius 3 is 2.00 bits per heavy atom. The summed E-state index contributed by atoms with van der Waals surface area (Å²) in [6.07, 6.45) is 7.84. The van der Waals surface area contributed by atoms with E-state index in [0.717, 1.165) is 0 Å². The minimum absolute atomic E-state index is 0.0849. The second-order valence-corrected chi connectivity index (χ2v) is 8.90. The van der Waals surface area contributed by atoms with E-state index in [0.29, 0.717) is 5.41 Å². The molecular formula is C9H14OSi. The highest BCUT2D eigenvalue weighted by Gasteiger charge is 2.28. The van der Waals surface area contributed by atoms with E-state index in [4.69, 9.17) is 0 Å². The molecule has 0 radical (unpaired) electrons. The molecule has 1 rings (SSSR count). The fourth-order valence-electron chi connectivity index (χ4n) is 1.11. The number of rotatable bonds is 2. The smallest absolute Gasteiger partial charge is 0.125 e. The number of carbonyl (C=O) groups excluding carboxylic acids is 1. The molecule has 0 unspecified atom stereocenters. The van der Waals surface area contributed by atoms with Crippen LogP contribution in [-0.2, 0) is 4.79 Å². The molecule has 0 N–H and O–H groups in total. The summed E-state index contributed by atoms with van der Waals surface area (Å²) in [5.74, 6) is 0.0849. The highest BCUT2D eigenvalue weighted by Crippen LogP contribution is 2.16. The van der Waals surface area contributed by atoms with Gasteiger partial charge < -0.3 is 4.79 Å². The molecule has 2 heteroatoms. The van der Waals surface area contributed by atoms with Gasteiger partial charge in [0.25, 0.3) is 0 Å². The average Bonchev–Trinajstić information content (AvgIpc) is 2.34. The van der Waals surface area contributed by atoms with Crippen molar-refractivity contribution < 1.29 is 4.79 Å². The van der Waals surface area contributed by atoms with Gasteiger partial charge >= 0.3 is 0 Å². The normalized spacial score (nSPS) is 17.7. The molecule has 0 fully saturated rings. The molecule has 0 aromatic carbocycles. The number of allylic oxidation sites excluding steroid dienone is 4. The Morgan fingerprint density at radius 2 is 1.64 bits per heavy atom. The summed E-state index contributed by atoms with van der Waals surface area (Å²) in [4.78, 5) is 11.6. The van der Waals surface area contributed by atoms with Crippen LogP contribution in [0, 0.1) is 5.92 Å². The molecule has 1 aliphatic rings. The Kier molecular flexibility index (Phi) is 2.14. The van der Waals surface area contributed by atoms with Gasteiger partial charge in [-0.1, -0.05) is 43.9 Å². The third kappa shape index (κ3) is 1.90. The van der Waals surface area contributed by atoms with Crippen LogP contribution in [0.1, 0.15) is 0 Å². The topological polar surface area (TPSA) is 17.1 Å². The molecule has 0 amide bonds. The largest absolute Gasteiger partial charge is 0.304 e. The highest BCUT2D eigenvalue weighted by molar-refractivity contribution is 7.03. The van der Waals surface area contributed by atoms with Crippen LogP contribution >= 0.6 is 0 Å². The summed E-state index contributed by atoms with van der Waals surface area (Å²) < 4.78 is 0. The zero-order valence-electron chi connectivity index (χ0n) is 7.29. The van der Waals surface area contributed by atoms with Gasteiger partial charge in [0.15, 0.2) is 0 Å². The van der Waals surface area contributed by atoms with Gasteiger partial charge in [-0.05, 0) is 0 Å². The van der Waals surface area contributed by atoms with Crippen LogP contribution in [-0.4, -0.2) is 13.5 Å². The maximum Gasteiger partial charge on any atom is 0.125 e. The second-order valence-electron chi connectivity index (χ2n) is 3.91. The molecule has 0 aromatic rings. The summed E-state index contributed by atoms with van der Waals surface area (Å²) in [6.45, 7) is 6.28. The first-order valence-electron chi connectivity index (χ1n) is 3.91. The predicted octanol–water partition coefficient (Wildman–Crippen LogP) is 2.18. The first kappa shape index (κ1) is 8.46. The van der Waals surface area contributed by atoms with E-state index >= 15 is 0 Å². The van der Waals surface area contributed by atoms with Gasteiger partial charge in [0.05, 0.1) is 0 Å². The third-order valence-electron chi connectivity index (χ3n) is 1.79. The quantitative estimate of drug-likeness (QED) is 0.575. The molecule has 0 saturated carbocycles. The molecule has 11 heavy (non-hydrogen) atoms. The van der Waals surface area contributed by atoms with E-state index in [9.17, 15) is 4.79 Å². The van der Waals surface area contributed by atoms with Crippen LogP contribution < -0.4 is 0 Å². The summed E-state index contributed by atoms with van der Waals surface area (Å²) in [5, 5.41) is 0.433. The molecule has 1 aliphatic carbocycles. The Hall–Kier alpha value is -0.633. The van der Waals surface area contributed by atoms with Crippen molar-refractivity contribution in [3.05, 3.63) is 24.3 Å². The van der Waals surface area contributed by atoms with Gasteiger partial charge in [0.2, 0.25) is 0 Å². The lowest BCUT2D eigenvalue weighted by Gasteiger charge is -2.16. The predicted molar refractivity (Wildman–Crippen MR) is 50.1 cm³/mol. The van der Waals surface area contributed by atoms with E-state index in [2.05, 4.69) is 19.6 Å². The Labute approximate surface area is 68.8 Å². The lowest BCUT2D eigenvalue weighted by molar-refractivity contribution is -0.113.